The highest BCUT2D eigenvalue weighted by Gasteiger charge is 2.34. The van der Waals surface area contributed by atoms with Crippen molar-refractivity contribution in [3.05, 3.63) is 54.8 Å². The Morgan fingerprint density at radius 3 is 2.81 bits per heavy atom. The van der Waals surface area contributed by atoms with Gasteiger partial charge in [-0.25, -0.2) is 4.98 Å². The van der Waals surface area contributed by atoms with Gasteiger partial charge in [-0.3, -0.25) is 4.90 Å². The average Bonchev–Trinajstić information content (AvgIpc) is 3.62. The minimum absolute atomic E-state index is 0.260. The third-order valence-corrected chi connectivity index (χ3v) is 7.29. The zero-order chi connectivity index (χ0) is 24.8. The first-order valence-corrected chi connectivity index (χ1v) is 12.6. The molecule has 6 heterocycles. The summed E-state index contributed by atoms with van der Waals surface area (Å²) >= 11 is 0. The van der Waals surface area contributed by atoms with Gasteiger partial charge in [-0.2, -0.15) is 19.5 Å². The third-order valence-electron chi connectivity index (χ3n) is 7.29. The van der Waals surface area contributed by atoms with Crippen LogP contribution in [-0.2, 0) is 0 Å². The molecule has 2 saturated heterocycles. The van der Waals surface area contributed by atoms with Crippen LogP contribution in [-0.4, -0.2) is 73.3 Å². The van der Waals surface area contributed by atoms with Gasteiger partial charge < -0.3 is 19.8 Å². The monoisotopic (exact) mass is 497 g/mol. The van der Waals surface area contributed by atoms with Crippen molar-refractivity contribution in [2.45, 2.75) is 18.9 Å². The number of hydrogen-bond donors (Lipinski definition) is 1. The number of nitrogens with zero attached hydrogens (tertiary/aromatic N) is 8. The second-order valence-electron chi connectivity index (χ2n) is 9.70. The molecule has 2 aliphatic rings. The summed E-state index contributed by atoms with van der Waals surface area (Å²) in [7, 11) is 0. The summed E-state index contributed by atoms with van der Waals surface area (Å²) in [6, 6.07) is 16.2. The van der Waals surface area contributed by atoms with E-state index in [0.29, 0.717) is 47.8 Å². The molecule has 1 aromatic carbocycles. The molecule has 11 nitrogen and oxygen atoms in total. The fourth-order valence-electron chi connectivity index (χ4n) is 5.35. The highest BCUT2D eigenvalue weighted by Crippen LogP contribution is 2.28. The summed E-state index contributed by atoms with van der Waals surface area (Å²) < 4.78 is 13.0. The van der Waals surface area contributed by atoms with E-state index in [1.165, 1.54) is 4.52 Å². The van der Waals surface area contributed by atoms with Crippen molar-refractivity contribution in [2.24, 2.45) is 5.92 Å². The summed E-state index contributed by atoms with van der Waals surface area (Å²) in [5.41, 5.74) is 7.18. The van der Waals surface area contributed by atoms with E-state index in [2.05, 4.69) is 47.0 Å². The van der Waals surface area contributed by atoms with E-state index in [0.717, 1.165) is 49.9 Å². The van der Waals surface area contributed by atoms with Crippen molar-refractivity contribution >= 4 is 28.6 Å². The summed E-state index contributed by atoms with van der Waals surface area (Å²) in [6.07, 6.45) is 3.80. The van der Waals surface area contributed by atoms with Gasteiger partial charge in [0, 0.05) is 49.6 Å². The zero-order valence-electron chi connectivity index (χ0n) is 20.3. The van der Waals surface area contributed by atoms with E-state index in [1.807, 2.05) is 24.3 Å². The quantitative estimate of drug-likeness (QED) is 0.388. The van der Waals surface area contributed by atoms with Gasteiger partial charge in [-0.05, 0) is 37.1 Å². The Morgan fingerprint density at radius 1 is 0.946 bits per heavy atom. The number of nitrogen functional groups attached to an aromatic ring is 1. The predicted octanol–water partition coefficient (Wildman–Crippen LogP) is 2.89. The van der Waals surface area contributed by atoms with Crippen molar-refractivity contribution < 1.29 is 9.15 Å². The Balaban J connectivity index is 0.996. The van der Waals surface area contributed by atoms with Crippen LogP contribution < -0.4 is 15.4 Å². The number of ether oxygens (including phenoxy) is 1. The number of anilines is 2. The van der Waals surface area contributed by atoms with E-state index in [-0.39, 0.29) is 5.95 Å². The number of piperazine rings is 1. The summed E-state index contributed by atoms with van der Waals surface area (Å²) in [5.74, 6) is 3.45. The smallest absolute Gasteiger partial charge is 0.259 e. The lowest BCUT2D eigenvalue weighted by Gasteiger charge is -2.46. The Morgan fingerprint density at radius 2 is 1.89 bits per heavy atom. The van der Waals surface area contributed by atoms with Crippen molar-refractivity contribution in [3.8, 4) is 17.5 Å². The van der Waals surface area contributed by atoms with E-state index in [4.69, 9.17) is 14.9 Å². The maximum absolute atomic E-state index is 6.21. The minimum Gasteiger partial charge on any atom is -0.477 e. The Hall–Kier alpha value is -4.25. The SMILES string of the molecule is Nc1nc(N2CCN3C[C@@H](COc4ccc5ccccc5n4)CC[C@H]3C2)nc2nc(-c3ccco3)nn12. The molecule has 11 heteroatoms. The first kappa shape index (κ1) is 22.0. The van der Waals surface area contributed by atoms with Crippen LogP contribution >= 0.6 is 0 Å². The third kappa shape index (κ3) is 4.20. The molecule has 4 aromatic heterocycles. The zero-order valence-corrected chi connectivity index (χ0v) is 20.3. The molecule has 0 aliphatic carbocycles. The highest BCUT2D eigenvalue weighted by atomic mass is 16.5. The van der Waals surface area contributed by atoms with Crippen LogP contribution in [0.1, 0.15) is 12.8 Å². The normalized spacial score (nSPS) is 20.4. The second kappa shape index (κ2) is 9.00. The summed E-state index contributed by atoms with van der Waals surface area (Å²) in [4.78, 5) is 23.1. The lowest BCUT2D eigenvalue weighted by atomic mass is 9.91. The van der Waals surface area contributed by atoms with Gasteiger partial charge in [0.05, 0.1) is 18.4 Å². The molecular formula is C26H27N9O2. The fraction of sp³-hybridized carbons (Fsp3) is 0.346. The number of hydrogen-bond acceptors (Lipinski definition) is 10. The molecule has 0 unspecified atom stereocenters. The molecule has 2 atom stereocenters. The van der Waals surface area contributed by atoms with Gasteiger partial charge in [0.2, 0.25) is 23.6 Å². The van der Waals surface area contributed by atoms with E-state index >= 15 is 0 Å². The largest absolute Gasteiger partial charge is 0.477 e. The van der Waals surface area contributed by atoms with Crippen LogP contribution in [0.4, 0.5) is 11.9 Å². The molecule has 0 radical (unpaired) electrons. The van der Waals surface area contributed by atoms with Crippen molar-refractivity contribution in [1.29, 1.82) is 0 Å². The maximum atomic E-state index is 6.21. The number of benzene rings is 1. The average molecular weight is 498 g/mol. The number of furan rings is 1. The number of rotatable bonds is 5. The van der Waals surface area contributed by atoms with Gasteiger partial charge in [0.25, 0.3) is 5.78 Å². The first-order valence-electron chi connectivity index (χ1n) is 12.6. The summed E-state index contributed by atoms with van der Waals surface area (Å²) in [6.45, 7) is 4.32. The van der Waals surface area contributed by atoms with E-state index in [9.17, 15) is 0 Å². The van der Waals surface area contributed by atoms with Crippen molar-refractivity contribution in [2.75, 3.05) is 43.4 Å². The maximum Gasteiger partial charge on any atom is 0.259 e. The molecule has 2 N–H and O–H groups in total. The predicted molar refractivity (Wildman–Crippen MR) is 138 cm³/mol. The van der Waals surface area contributed by atoms with Crippen LogP contribution in [0.25, 0.3) is 28.3 Å². The van der Waals surface area contributed by atoms with Gasteiger partial charge in [0.15, 0.2) is 5.76 Å². The molecular weight excluding hydrogens is 470 g/mol. The molecule has 0 bridgehead atoms. The van der Waals surface area contributed by atoms with Crippen LogP contribution in [0.15, 0.2) is 59.2 Å². The number of para-hydroxylation sites is 1. The lowest BCUT2D eigenvalue weighted by molar-refractivity contribution is 0.0716. The Kier molecular flexibility index (Phi) is 5.35. The molecule has 7 rings (SSSR count). The van der Waals surface area contributed by atoms with Gasteiger partial charge in [-0.15, -0.1) is 5.10 Å². The van der Waals surface area contributed by atoms with E-state index in [1.54, 1.807) is 18.4 Å². The van der Waals surface area contributed by atoms with Crippen molar-refractivity contribution in [1.82, 2.24) is 34.4 Å². The topological polar surface area (TPSA) is 124 Å². The molecule has 0 spiro atoms. The molecule has 188 valence electrons. The number of nitrogens with two attached hydrogens (primary N) is 1. The van der Waals surface area contributed by atoms with Gasteiger partial charge >= 0.3 is 0 Å². The number of pyridine rings is 1. The van der Waals surface area contributed by atoms with Crippen LogP contribution in [0.3, 0.4) is 0 Å². The minimum atomic E-state index is 0.260. The first-order chi connectivity index (χ1) is 18.2. The second-order valence-corrected chi connectivity index (χ2v) is 9.70. The molecule has 0 saturated carbocycles. The van der Waals surface area contributed by atoms with Crippen LogP contribution in [0.5, 0.6) is 5.88 Å². The van der Waals surface area contributed by atoms with Gasteiger partial charge in [0.1, 0.15) is 0 Å². The molecule has 37 heavy (non-hydrogen) atoms. The molecule has 2 aliphatic heterocycles. The fourth-order valence-corrected chi connectivity index (χ4v) is 5.35. The standard InChI is InChI=1S/C26H27N9O2/c27-24-30-25(31-26-29-23(32-35(24)26)21-6-3-13-36-21)34-12-11-33-14-17(7-9-19(33)15-34)16-37-22-10-8-18-4-1-2-5-20(18)28-22/h1-6,8,10,13,17,19H,7,9,11-12,14-16H2,(H2,27,29,30,31,32)/t17-,19-/m0/s1. The van der Waals surface area contributed by atoms with Crippen LogP contribution in [0, 0.1) is 5.92 Å². The van der Waals surface area contributed by atoms with E-state index < -0.39 is 0 Å². The Bertz CT molecular complexity index is 1550. The lowest BCUT2D eigenvalue weighted by Crippen LogP contribution is -2.57. The molecule has 5 aromatic rings. The highest BCUT2D eigenvalue weighted by molar-refractivity contribution is 5.78. The molecule has 2 fully saturated rings. The van der Waals surface area contributed by atoms with Crippen LogP contribution in [0.2, 0.25) is 0 Å². The summed E-state index contributed by atoms with van der Waals surface area (Å²) in [5, 5.41) is 5.51. The number of fused-ring (bicyclic) bond motifs is 3. The van der Waals surface area contributed by atoms with Gasteiger partial charge in [-0.1, -0.05) is 18.2 Å². The molecule has 0 amide bonds. The Labute approximate surface area is 212 Å². The van der Waals surface area contributed by atoms with Crippen molar-refractivity contribution in [3.63, 3.8) is 0 Å². The number of piperidine rings is 1. The number of aromatic nitrogens is 6.